The predicted octanol–water partition coefficient (Wildman–Crippen LogP) is 5.23. The minimum atomic E-state index is 0.0375. The zero-order valence-electron chi connectivity index (χ0n) is 14.9. The van der Waals surface area contributed by atoms with Gasteiger partial charge in [0, 0.05) is 12.1 Å². The van der Waals surface area contributed by atoms with Gasteiger partial charge in [-0.05, 0) is 35.5 Å². The van der Waals surface area contributed by atoms with Crippen LogP contribution in [0, 0.1) is 0 Å². The van der Waals surface area contributed by atoms with Crippen LogP contribution in [0.15, 0.2) is 30.3 Å². The first-order valence-electron chi connectivity index (χ1n) is 9.04. The molecule has 1 aromatic rings. The van der Waals surface area contributed by atoms with Gasteiger partial charge in [-0.2, -0.15) is 0 Å². The average molecular weight is 313 g/mol. The molecule has 0 aliphatic heterocycles. The Morgan fingerprint density at radius 2 is 1.57 bits per heavy atom. The molecule has 0 saturated heterocycles. The third-order valence-corrected chi connectivity index (χ3v) is 4.66. The van der Waals surface area contributed by atoms with E-state index in [-0.39, 0.29) is 11.3 Å². The highest BCUT2D eigenvalue weighted by Gasteiger charge is 2.13. The molecule has 1 aliphatic carbocycles. The van der Waals surface area contributed by atoms with Gasteiger partial charge in [-0.25, -0.2) is 0 Å². The summed E-state index contributed by atoms with van der Waals surface area (Å²) in [6.45, 7) is 6.63. The molecular formula is C21H31NO. The van der Waals surface area contributed by atoms with Crippen molar-refractivity contribution in [1.29, 1.82) is 0 Å². The van der Waals surface area contributed by atoms with E-state index in [1.807, 2.05) is 6.08 Å². The van der Waals surface area contributed by atoms with E-state index in [1.54, 1.807) is 6.08 Å². The van der Waals surface area contributed by atoms with Gasteiger partial charge in [0.05, 0.1) is 0 Å². The summed E-state index contributed by atoms with van der Waals surface area (Å²) in [7, 11) is 0. The van der Waals surface area contributed by atoms with Crippen molar-refractivity contribution in [2.75, 3.05) is 0 Å². The minimum absolute atomic E-state index is 0.0375. The Morgan fingerprint density at radius 3 is 2.13 bits per heavy atom. The summed E-state index contributed by atoms with van der Waals surface area (Å²) in [6, 6.07) is 8.81. The van der Waals surface area contributed by atoms with E-state index in [2.05, 4.69) is 50.4 Å². The molecule has 0 bridgehead atoms. The molecule has 0 spiro atoms. The molecule has 23 heavy (non-hydrogen) atoms. The zero-order chi connectivity index (χ0) is 16.7. The molecule has 126 valence electrons. The number of hydrogen-bond donors (Lipinski definition) is 1. The van der Waals surface area contributed by atoms with Gasteiger partial charge in [-0.3, -0.25) is 4.79 Å². The van der Waals surface area contributed by atoms with E-state index in [9.17, 15) is 4.79 Å². The number of amides is 1. The van der Waals surface area contributed by atoms with Crippen LogP contribution in [0.2, 0.25) is 0 Å². The molecule has 0 aromatic heterocycles. The monoisotopic (exact) mass is 313 g/mol. The molecule has 1 saturated carbocycles. The van der Waals surface area contributed by atoms with Crippen molar-refractivity contribution in [3.63, 3.8) is 0 Å². The SMILES string of the molecule is CC(C)(C)c1ccc(/C=C/C(=O)NC2CCCCCCC2)cc1. The molecule has 0 radical (unpaired) electrons. The Morgan fingerprint density at radius 1 is 1.00 bits per heavy atom. The van der Waals surface area contributed by atoms with Crippen LogP contribution in [0.4, 0.5) is 0 Å². The summed E-state index contributed by atoms with van der Waals surface area (Å²) in [5.41, 5.74) is 2.55. The molecule has 2 nitrogen and oxygen atoms in total. The van der Waals surface area contributed by atoms with Crippen LogP contribution in [-0.2, 0) is 10.2 Å². The van der Waals surface area contributed by atoms with Crippen molar-refractivity contribution in [2.24, 2.45) is 0 Å². The Hall–Kier alpha value is -1.57. The average Bonchev–Trinajstić information content (AvgIpc) is 2.47. The second-order valence-electron chi connectivity index (χ2n) is 7.76. The van der Waals surface area contributed by atoms with Gasteiger partial charge in [-0.15, -0.1) is 0 Å². The fourth-order valence-corrected chi connectivity index (χ4v) is 3.12. The van der Waals surface area contributed by atoms with Gasteiger partial charge < -0.3 is 5.32 Å². The summed E-state index contributed by atoms with van der Waals surface area (Å²) < 4.78 is 0. The summed E-state index contributed by atoms with van der Waals surface area (Å²) >= 11 is 0. The Balaban J connectivity index is 1.87. The smallest absolute Gasteiger partial charge is 0.244 e. The van der Waals surface area contributed by atoms with Crippen molar-refractivity contribution in [3.05, 3.63) is 41.5 Å². The molecule has 2 rings (SSSR count). The molecule has 0 heterocycles. The second kappa shape index (κ2) is 8.33. The molecule has 1 amide bonds. The van der Waals surface area contributed by atoms with Gasteiger partial charge in [0.15, 0.2) is 0 Å². The predicted molar refractivity (Wildman–Crippen MR) is 98.4 cm³/mol. The highest BCUT2D eigenvalue weighted by Crippen LogP contribution is 2.22. The van der Waals surface area contributed by atoms with Crippen LogP contribution in [0.1, 0.15) is 76.8 Å². The largest absolute Gasteiger partial charge is 0.350 e. The summed E-state index contributed by atoms with van der Waals surface area (Å²) in [4.78, 5) is 12.1. The lowest BCUT2D eigenvalue weighted by Crippen LogP contribution is -2.34. The molecule has 1 aromatic carbocycles. The number of rotatable bonds is 3. The maximum Gasteiger partial charge on any atom is 0.244 e. The van der Waals surface area contributed by atoms with Crippen LogP contribution < -0.4 is 5.32 Å². The quantitative estimate of drug-likeness (QED) is 0.761. The summed E-state index contributed by atoms with van der Waals surface area (Å²) in [5, 5.41) is 3.17. The van der Waals surface area contributed by atoms with Crippen LogP contribution in [0.5, 0.6) is 0 Å². The standard InChI is InChI=1S/C21H31NO/c1-21(2,3)18-14-11-17(12-15-18)13-16-20(23)22-19-9-7-5-4-6-8-10-19/h11-16,19H,4-10H2,1-3H3,(H,22,23)/b16-13+. The molecule has 1 fully saturated rings. The second-order valence-corrected chi connectivity index (χ2v) is 7.76. The van der Waals surface area contributed by atoms with Crippen LogP contribution in [0.25, 0.3) is 6.08 Å². The number of hydrogen-bond acceptors (Lipinski definition) is 1. The van der Waals surface area contributed by atoms with E-state index in [4.69, 9.17) is 0 Å². The lowest BCUT2D eigenvalue weighted by atomic mass is 9.87. The van der Waals surface area contributed by atoms with Crippen molar-refractivity contribution in [2.45, 2.75) is 77.2 Å². The first-order chi connectivity index (χ1) is 10.9. The normalized spacial score (nSPS) is 17.7. The topological polar surface area (TPSA) is 29.1 Å². The van der Waals surface area contributed by atoms with Crippen molar-refractivity contribution >= 4 is 12.0 Å². The van der Waals surface area contributed by atoms with Gasteiger partial charge in [0.1, 0.15) is 0 Å². The number of carbonyl (C=O) groups is 1. The van der Waals surface area contributed by atoms with Crippen molar-refractivity contribution < 1.29 is 4.79 Å². The van der Waals surface area contributed by atoms with Crippen LogP contribution in [0.3, 0.4) is 0 Å². The zero-order valence-corrected chi connectivity index (χ0v) is 14.9. The van der Waals surface area contributed by atoms with Crippen molar-refractivity contribution in [3.8, 4) is 0 Å². The van der Waals surface area contributed by atoms with E-state index in [0.717, 1.165) is 18.4 Å². The minimum Gasteiger partial charge on any atom is -0.350 e. The van der Waals surface area contributed by atoms with Crippen molar-refractivity contribution in [1.82, 2.24) is 5.32 Å². The van der Waals surface area contributed by atoms with E-state index >= 15 is 0 Å². The Kier molecular flexibility index (Phi) is 6.44. The van der Waals surface area contributed by atoms with E-state index < -0.39 is 0 Å². The lowest BCUT2D eigenvalue weighted by molar-refractivity contribution is -0.117. The summed E-state index contributed by atoms with van der Waals surface area (Å²) in [5.74, 6) is 0.0375. The Labute approximate surface area is 141 Å². The van der Waals surface area contributed by atoms with Gasteiger partial charge in [-0.1, -0.05) is 77.1 Å². The molecule has 0 atom stereocenters. The van der Waals surface area contributed by atoms with E-state index in [0.29, 0.717) is 6.04 Å². The lowest BCUT2D eigenvalue weighted by Gasteiger charge is -2.20. The van der Waals surface area contributed by atoms with Gasteiger partial charge in [0.2, 0.25) is 5.91 Å². The molecule has 1 aliphatic rings. The van der Waals surface area contributed by atoms with Crippen LogP contribution >= 0.6 is 0 Å². The highest BCUT2D eigenvalue weighted by atomic mass is 16.1. The maximum absolute atomic E-state index is 12.1. The number of nitrogens with one attached hydrogen (secondary N) is 1. The fraction of sp³-hybridized carbons (Fsp3) is 0.571. The van der Waals surface area contributed by atoms with Gasteiger partial charge >= 0.3 is 0 Å². The third-order valence-electron chi connectivity index (χ3n) is 4.66. The molecule has 2 heteroatoms. The number of benzene rings is 1. The maximum atomic E-state index is 12.1. The number of carbonyl (C=O) groups excluding carboxylic acids is 1. The third kappa shape index (κ3) is 6.21. The fourth-order valence-electron chi connectivity index (χ4n) is 3.12. The molecular weight excluding hydrogens is 282 g/mol. The van der Waals surface area contributed by atoms with E-state index in [1.165, 1.54) is 37.7 Å². The molecule has 0 unspecified atom stereocenters. The highest BCUT2D eigenvalue weighted by molar-refractivity contribution is 5.91. The van der Waals surface area contributed by atoms with Gasteiger partial charge in [0.25, 0.3) is 0 Å². The molecule has 1 N–H and O–H groups in total. The first kappa shape index (κ1) is 17.8. The van der Waals surface area contributed by atoms with Crippen LogP contribution in [-0.4, -0.2) is 11.9 Å². The Bertz CT molecular complexity index is 514. The summed E-state index contributed by atoms with van der Waals surface area (Å²) in [6.07, 6.45) is 12.3. The first-order valence-corrected chi connectivity index (χ1v) is 9.04.